The molecule has 0 aliphatic heterocycles. The van der Waals surface area contributed by atoms with Crippen molar-refractivity contribution in [2.24, 2.45) is 11.7 Å². The van der Waals surface area contributed by atoms with E-state index < -0.39 is 0 Å². The summed E-state index contributed by atoms with van der Waals surface area (Å²) in [5.41, 5.74) is 0. The van der Waals surface area contributed by atoms with Crippen molar-refractivity contribution in [3.05, 3.63) is 30.6 Å². The number of nitrogens with zero attached hydrogens (tertiary/aromatic N) is 1. The molecule has 0 aromatic carbocycles. The van der Waals surface area contributed by atoms with Crippen LogP contribution in [0.4, 0.5) is 0 Å². The molecule has 1 rings (SSSR count). The second-order valence-electron chi connectivity index (χ2n) is 1.02. The SMILES string of the molecule is Cl.NN.c1ccncc1. The lowest BCUT2D eigenvalue weighted by Gasteiger charge is -1.70. The second-order valence-corrected chi connectivity index (χ2v) is 1.02. The molecule has 0 aliphatic rings. The van der Waals surface area contributed by atoms with Crippen LogP contribution in [0.15, 0.2) is 30.6 Å². The first-order valence-corrected chi connectivity index (χ1v) is 2.18. The topological polar surface area (TPSA) is 64.9 Å². The van der Waals surface area contributed by atoms with E-state index in [1.807, 2.05) is 18.2 Å². The molecule has 0 atom stereocenters. The van der Waals surface area contributed by atoms with Crippen molar-refractivity contribution in [3.8, 4) is 0 Å². The van der Waals surface area contributed by atoms with E-state index in [-0.39, 0.29) is 12.4 Å². The highest BCUT2D eigenvalue weighted by molar-refractivity contribution is 5.85. The average molecular weight is 148 g/mol. The second kappa shape index (κ2) is 10.4. The van der Waals surface area contributed by atoms with E-state index in [9.17, 15) is 0 Å². The number of hydrogen-bond donors (Lipinski definition) is 2. The van der Waals surface area contributed by atoms with E-state index in [0.717, 1.165) is 0 Å². The smallest absolute Gasteiger partial charge is 0.0267 e. The fourth-order valence-corrected chi connectivity index (χ4v) is 0.313. The van der Waals surface area contributed by atoms with Crippen molar-refractivity contribution >= 4 is 12.4 Å². The van der Waals surface area contributed by atoms with Gasteiger partial charge in [-0.05, 0) is 12.1 Å². The zero-order valence-electron chi connectivity index (χ0n) is 4.90. The summed E-state index contributed by atoms with van der Waals surface area (Å²) < 4.78 is 0. The molecule has 0 saturated carbocycles. The van der Waals surface area contributed by atoms with Gasteiger partial charge >= 0.3 is 0 Å². The lowest BCUT2D eigenvalue weighted by atomic mass is 10.5. The molecule has 0 spiro atoms. The third-order valence-electron chi connectivity index (χ3n) is 0.566. The standard InChI is InChI=1S/C5H5N.ClH.H4N2/c1-2-4-6-5-3-1;;1-2/h1-5H;1H;1-2H2. The Morgan fingerprint density at radius 3 is 1.44 bits per heavy atom. The van der Waals surface area contributed by atoms with E-state index in [0.29, 0.717) is 0 Å². The minimum absolute atomic E-state index is 0. The molecule has 1 heterocycles. The Morgan fingerprint density at radius 2 is 1.33 bits per heavy atom. The summed E-state index contributed by atoms with van der Waals surface area (Å²) in [6, 6.07) is 5.72. The Bertz CT molecular complexity index is 84.1. The molecule has 0 unspecified atom stereocenters. The van der Waals surface area contributed by atoms with Crippen LogP contribution in [0.5, 0.6) is 0 Å². The molecule has 0 amide bonds. The van der Waals surface area contributed by atoms with Crippen LogP contribution >= 0.6 is 12.4 Å². The molecule has 1 aromatic heterocycles. The largest absolute Gasteiger partial charge is 0.274 e. The molecule has 52 valence electrons. The van der Waals surface area contributed by atoms with Gasteiger partial charge in [-0.3, -0.25) is 16.7 Å². The molecule has 4 heteroatoms. The van der Waals surface area contributed by atoms with Gasteiger partial charge in [0.2, 0.25) is 0 Å². The summed E-state index contributed by atoms with van der Waals surface area (Å²) in [4.78, 5) is 3.78. The van der Waals surface area contributed by atoms with Crippen LogP contribution in [0.2, 0.25) is 0 Å². The predicted molar refractivity (Wildman–Crippen MR) is 39.9 cm³/mol. The molecule has 0 aliphatic carbocycles. The summed E-state index contributed by atoms with van der Waals surface area (Å²) >= 11 is 0. The first-order valence-electron chi connectivity index (χ1n) is 2.18. The highest BCUT2D eigenvalue weighted by Crippen LogP contribution is 1.73. The Kier molecular flexibility index (Phi) is 12.9. The van der Waals surface area contributed by atoms with Crippen LogP contribution in [-0.4, -0.2) is 4.98 Å². The summed E-state index contributed by atoms with van der Waals surface area (Å²) in [5.74, 6) is 8.00. The maximum absolute atomic E-state index is 4.00. The molecule has 9 heavy (non-hydrogen) atoms. The first kappa shape index (κ1) is 11.2. The van der Waals surface area contributed by atoms with Crippen LogP contribution in [0.3, 0.4) is 0 Å². The van der Waals surface area contributed by atoms with E-state index in [1.54, 1.807) is 12.4 Å². The molecule has 0 saturated heterocycles. The zero-order valence-corrected chi connectivity index (χ0v) is 5.71. The van der Waals surface area contributed by atoms with Crippen molar-refractivity contribution in [2.45, 2.75) is 0 Å². The molecule has 3 nitrogen and oxygen atoms in total. The fraction of sp³-hybridized carbons (Fsp3) is 0. The van der Waals surface area contributed by atoms with Crippen molar-refractivity contribution < 1.29 is 0 Å². The molecule has 4 N–H and O–H groups in total. The van der Waals surface area contributed by atoms with Crippen molar-refractivity contribution in [1.29, 1.82) is 0 Å². The fourth-order valence-electron chi connectivity index (χ4n) is 0.313. The summed E-state index contributed by atoms with van der Waals surface area (Å²) in [7, 11) is 0. The number of rotatable bonds is 0. The minimum atomic E-state index is 0. The highest BCUT2D eigenvalue weighted by atomic mass is 35.5. The van der Waals surface area contributed by atoms with Gasteiger partial charge in [-0.25, -0.2) is 0 Å². The van der Waals surface area contributed by atoms with Crippen molar-refractivity contribution in [2.75, 3.05) is 0 Å². The summed E-state index contributed by atoms with van der Waals surface area (Å²) in [6.07, 6.45) is 3.50. The highest BCUT2D eigenvalue weighted by Gasteiger charge is 1.58. The molecule has 0 radical (unpaired) electrons. The molecule has 0 fully saturated rings. The number of pyridine rings is 1. The zero-order chi connectivity index (χ0) is 6.24. The molecular formula is C5H10ClN3. The third-order valence-corrected chi connectivity index (χ3v) is 0.566. The van der Waals surface area contributed by atoms with Gasteiger partial charge in [0.05, 0.1) is 0 Å². The Labute approximate surface area is 60.5 Å². The van der Waals surface area contributed by atoms with E-state index in [2.05, 4.69) is 16.7 Å². The van der Waals surface area contributed by atoms with E-state index in [4.69, 9.17) is 0 Å². The maximum Gasteiger partial charge on any atom is 0.0267 e. The van der Waals surface area contributed by atoms with Crippen LogP contribution in [0.1, 0.15) is 0 Å². The van der Waals surface area contributed by atoms with E-state index in [1.165, 1.54) is 0 Å². The summed E-state index contributed by atoms with van der Waals surface area (Å²) in [5, 5.41) is 0. The lowest BCUT2D eigenvalue weighted by Crippen LogP contribution is -2.02. The first-order chi connectivity index (χ1) is 4.00. The molecular weight excluding hydrogens is 138 g/mol. The number of aromatic nitrogens is 1. The number of nitrogens with two attached hydrogens (primary N) is 2. The van der Waals surface area contributed by atoms with Gasteiger partial charge in [0.15, 0.2) is 0 Å². The maximum atomic E-state index is 4.00. The van der Waals surface area contributed by atoms with Gasteiger partial charge in [-0.2, -0.15) is 0 Å². The van der Waals surface area contributed by atoms with Crippen LogP contribution in [-0.2, 0) is 0 Å². The third kappa shape index (κ3) is 7.36. The van der Waals surface area contributed by atoms with Crippen molar-refractivity contribution in [3.63, 3.8) is 0 Å². The predicted octanol–water partition coefficient (Wildman–Crippen LogP) is 0.322. The Balaban J connectivity index is 0. The van der Waals surface area contributed by atoms with Crippen molar-refractivity contribution in [1.82, 2.24) is 4.98 Å². The van der Waals surface area contributed by atoms with E-state index >= 15 is 0 Å². The van der Waals surface area contributed by atoms with Gasteiger partial charge in [-0.15, -0.1) is 12.4 Å². The monoisotopic (exact) mass is 147 g/mol. The number of hydrazine groups is 1. The Hall–Kier alpha value is -0.640. The van der Waals surface area contributed by atoms with Gasteiger partial charge in [0.1, 0.15) is 0 Å². The molecule has 1 aromatic rings. The van der Waals surface area contributed by atoms with Crippen LogP contribution in [0.25, 0.3) is 0 Å². The molecule has 0 bridgehead atoms. The number of halogens is 1. The lowest BCUT2D eigenvalue weighted by molar-refractivity contribution is 1.26. The van der Waals surface area contributed by atoms with Gasteiger partial charge in [-0.1, -0.05) is 6.07 Å². The Morgan fingerprint density at radius 1 is 0.889 bits per heavy atom. The minimum Gasteiger partial charge on any atom is -0.274 e. The number of hydrogen-bond acceptors (Lipinski definition) is 3. The summed E-state index contributed by atoms with van der Waals surface area (Å²) in [6.45, 7) is 0. The van der Waals surface area contributed by atoms with Gasteiger partial charge in [0, 0.05) is 12.4 Å². The van der Waals surface area contributed by atoms with Gasteiger partial charge in [0.25, 0.3) is 0 Å². The quantitative estimate of drug-likeness (QED) is 0.411. The average Bonchev–Trinajstić information content (AvgIpc) is 1.96. The van der Waals surface area contributed by atoms with Crippen LogP contribution < -0.4 is 11.7 Å². The van der Waals surface area contributed by atoms with Gasteiger partial charge < -0.3 is 0 Å². The van der Waals surface area contributed by atoms with Crippen LogP contribution in [0, 0.1) is 0 Å². The normalized spacial score (nSPS) is 6.00.